The van der Waals surface area contributed by atoms with Gasteiger partial charge in [0.15, 0.2) is 6.10 Å². The lowest BCUT2D eigenvalue weighted by Crippen LogP contribution is -2.44. The van der Waals surface area contributed by atoms with E-state index in [4.69, 9.17) is 27.9 Å². The lowest BCUT2D eigenvalue weighted by molar-refractivity contribution is -0.144. The highest BCUT2D eigenvalue weighted by atomic mass is 35.5. The van der Waals surface area contributed by atoms with E-state index < -0.39 is 24.0 Å². The summed E-state index contributed by atoms with van der Waals surface area (Å²) in [4.78, 5) is 24.0. The van der Waals surface area contributed by atoms with Crippen molar-refractivity contribution in [2.75, 3.05) is 7.11 Å². The smallest absolute Gasteiger partial charge is 0.326 e. The Labute approximate surface area is 155 Å². The van der Waals surface area contributed by atoms with E-state index in [1.165, 1.54) is 13.2 Å². The third-order valence-corrected chi connectivity index (χ3v) is 4.22. The molecule has 0 unspecified atom stereocenters. The van der Waals surface area contributed by atoms with E-state index in [9.17, 15) is 14.7 Å². The van der Waals surface area contributed by atoms with Gasteiger partial charge >= 0.3 is 5.97 Å². The molecular weight excluding hydrogens is 365 g/mol. The van der Waals surface area contributed by atoms with Crippen LogP contribution in [0.3, 0.4) is 0 Å². The van der Waals surface area contributed by atoms with Gasteiger partial charge in [0.25, 0.3) is 5.91 Å². The van der Waals surface area contributed by atoms with Crippen molar-refractivity contribution in [3.05, 3.63) is 69.7 Å². The lowest BCUT2D eigenvalue weighted by Gasteiger charge is -2.20. The molecular formula is C18H17Cl2NO4. The summed E-state index contributed by atoms with van der Waals surface area (Å²) in [7, 11) is 1.39. The number of methoxy groups -OCH3 is 1. The van der Waals surface area contributed by atoms with Crippen molar-refractivity contribution >= 4 is 35.1 Å². The van der Waals surface area contributed by atoms with Crippen molar-refractivity contribution in [1.29, 1.82) is 0 Å². The molecule has 0 saturated heterocycles. The van der Waals surface area contributed by atoms with Crippen molar-refractivity contribution in [3.63, 3.8) is 0 Å². The Morgan fingerprint density at radius 1 is 1.16 bits per heavy atom. The van der Waals surface area contributed by atoms with Gasteiger partial charge in [-0.25, -0.2) is 4.79 Å². The Hall–Kier alpha value is -2.08. The molecule has 5 nitrogen and oxygen atoms in total. The molecule has 0 fully saturated rings. The monoisotopic (exact) mass is 381 g/mol. The largest absolute Gasteiger partial charge is 0.480 e. The van der Waals surface area contributed by atoms with Gasteiger partial charge < -0.3 is 15.2 Å². The van der Waals surface area contributed by atoms with Crippen LogP contribution in [0.5, 0.6) is 0 Å². The molecule has 0 aliphatic carbocycles. The molecule has 2 aromatic carbocycles. The van der Waals surface area contributed by atoms with Crippen molar-refractivity contribution in [2.45, 2.75) is 18.6 Å². The number of hydrogen-bond donors (Lipinski definition) is 2. The van der Waals surface area contributed by atoms with Gasteiger partial charge in [-0.3, -0.25) is 4.79 Å². The predicted octanol–water partition coefficient (Wildman–Crippen LogP) is 3.49. The fourth-order valence-corrected chi connectivity index (χ4v) is 2.86. The summed E-state index contributed by atoms with van der Waals surface area (Å²) in [6.45, 7) is 0. The third kappa shape index (κ3) is 5.19. The highest BCUT2D eigenvalue weighted by molar-refractivity contribution is 6.35. The number of aliphatic carboxylic acids is 1. The van der Waals surface area contributed by atoms with E-state index in [-0.39, 0.29) is 6.42 Å². The average molecular weight is 382 g/mol. The molecule has 1 amide bonds. The van der Waals surface area contributed by atoms with Gasteiger partial charge in [-0.15, -0.1) is 0 Å². The van der Waals surface area contributed by atoms with Gasteiger partial charge in [0, 0.05) is 23.6 Å². The zero-order valence-corrected chi connectivity index (χ0v) is 14.9. The Kier molecular flexibility index (Phi) is 6.82. The molecule has 0 aliphatic heterocycles. The molecule has 2 aromatic rings. The molecule has 0 aliphatic rings. The molecule has 0 saturated carbocycles. The number of amides is 1. The number of nitrogens with one attached hydrogen (secondary N) is 1. The molecule has 0 heterocycles. The van der Waals surface area contributed by atoms with Crippen LogP contribution >= 0.6 is 23.2 Å². The number of ether oxygens (including phenoxy) is 1. The van der Waals surface area contributed by atoms with Gasteiger partial charge in [-0.05, 0) is 23.3 Å². The number of hydrogen-bond acceptors (Lipinski definition) is 3. The second-order valence-electron chi connectivity index (χ2n) is 5.37. The SMILES string of the molecule is CO[C@H](C(=O)N[C@H](Cc1ccc(Cl)cc1Cl)C(=O)O)c1ccccc1. The summed E-state index contributed by atoms with van der Waals surface area (Å²) in [6.07, 6.45) is -0.869. The van der Waals surface area contributed by atoms with Gasteiger partial charge in [0.2, 0.25) is 0 Å². The number of carboxylic acids is 1. The first kappa shape index (κ1) is 19.2. The minimum absolute atomic E-state index is 0.0301. The number of halogens is 2. The number of carbonyl (C=O) groups is 2. The number of benzene rings is 2. The summed E-state index contributed by atoms with van der Waals surface area (Å²) >= 11 is 11.9. The third-order valence-electron chi connectivity index (χ3n) is 3.63. The molecule has 2 rings (SSSR count). The van der Waals surface area contributed by atoms with Crippen LogP contribution in [-0.2, 0) is 20.7 Å². The van der Waals surface area contributed by atoms with Crippen LogP contribution in [0.15, 0.2) is 48.5 Å². The van der Waals surface area contributed by atoms with E-state index in [0.29, 0.717) is 21.2 Å². The zero-order chi connectivity index (χ0) is 18.4. The highest BCUT2D eigenvalue weighted by Gasteiger charge is 2.27. The van der Waals surface area contributed by atoms with E-state index >= 15 is 0 Å². The Morgan fingerprint density at radius 2 is 1.84 bits per heavy atom. The maximum absolute atomic E-state index is 12.5. The van der Waals surface area contributed by atoms with E-state index in [1.807, 2.05) is 6.07 Å². The summed E-state index contributed by atoms with van der Waals surface area (Å²) in [5.74, 6) is -1.70. The quantitative estimate of drug-likeness (QED) is 0.769. The number of carbonyl (C=O) groups excluding carboxylic acids is 1. The lowest BCUT2D eigenvalue weighted by atomic mass is 10.0. The highest BCUT2D eigenvalue weighted by Crippen LogP contribution is 2.23. The molecule has 132 valence electrons. The molecule has 0 bridgehead atoms. The maximum atomic E-state index is 12.5. The van der Waals surface area contributed by atoms with Gasteiger partial charge in [0.1, 0.15) is 6.04 Å². The molecule has 0 radical (unpaired) electrons. The van der Waals surface area contributed by atoms with Crippen LogP contribution in [0.1, 0.15) is 17.2 Å². The maximum Gasteiger partial charge on any atom is 0.326 e. The van der Waals surface area contributed by atoms with Crippen molar-refractivity contribution < 1.29 is 19.4 Å². The molecule has 25 heavy (non-hydrogen) atoms. The molecule has 2 atom stereocenters. The first-order valence-electron chi connectivity index (χ1n) is 7.47. The van der Waals surface area contributed by atoms with Gasteiger partial charge in [0.05, 0.1) is 0 Å². The Balaban J connectivity index is 2.15. The Morgan fingerprint density at radius 3 is 2.40 bits per heavy atom. The van der Waals surface area contributed by atoms with Crippen molar-refractivity contribution in [1.82, 2.24) is 5.32 Å². The van der Waals surface area contributed by atoms with E-state index in [2.05, 4.69) is 5.32 Å². The topological polar surface area (TPSA) is 75.6 Å². The predicted molar refractivity (Wildman–Crippen MR) is 95.9 cm³/mol. The van der Waals surface area contributed by atoms with Gasteiger partial charge in [-0.1, -0.05) is 59.6 Å². The van der Waals surface area contributed by atoms with Crippen molar-refractivity contribution in [3.8, 4) is 0 Å². The number of rotatable bonds is 7. The van der Waals surface area contributed by atoms with E-state index in [1.54, 1.807) is 36.4 Å². The molecule has 0 spiro atoms. The molecule has 0 aromatic heterocycles. The first-order chi connectivity index (χ1) is 11.9. The summed E-state index contributed by atoms with van der Waals surface area (Å²) in [5.41, 5.74) is 1.21. The fraction of sp³-hybridized carbons (Fsp3) is 0.222. The average Bonchev–Trinajstić information content (AvgIpc) is 2.58. The van der Waals surface area contributed by atoms with E-state index in [0.717, 1.165) is 0 Å². The normalized spacial score (nSPS) is 13.1. The second kappa shape index (κ2) is 8.85. The molecule has 2 N–H and O–H groups in total. The summed E-state index contributed by atoms with van der Waals surface area (Å²) in [6, 6.07) is 12.5. The van der Waals surface area contributed by atoms with Crippen LogP contribution in [0.4, 0.5) is 0 Å². The number of carboxylic acid groups (broad SMARTS) is 1. The summed E-state index contributed by atoms with van der Waals surface area (Å²) in [5, 5.41) is 12.7. The zero-order valence-electron chi connectivity index (χ0n) is 13.4. The van der Waals surface area contributed by atoms with Crippen LogP contribution in [0.2, 0.25) is 10.0 Å². The Bertz CT molecular complexity index is 752. The van der Waals surface area contributed by atoms with Crippen LogP contribution < -0.4 is 5.32 Å². The minimum Gasteiger partial charge on any atom is -0.480 e. The summed E-state index contributed by atoms with van der Waals surface area (Å²) < 4.78 is 5.22. The molecule has 7 heteroatoms. The van der Waals surface area contributed by atoms with Gasteiger partial charge in [-0.2, -0.15) is 0 Å². The standard InChI is InChI=1S/C18H17Cl2NO4/c1-25-16(11-5-3-2-4-6-11)17(22)21-15(18(23)24)9-12-7-8-13(19)10-14(12)20/h2-8,10,15-16H,9H2,1H3,(H,21,22)(H,23,24)/t15-,16+/m1/s1. The minimum atomic E-state index is -1.16. The van der Waals surface area contributed by atoms with Crippen molar-refractivity contribution in [2.24, 2.45) is 0 Å². The second-order valence-corrected chi connectivity index (χ2v) is 6.21. The van der Waals surface area contributed by atoms with Crippen LogP contribution in [0.25, 0.3) is 0 Å². The first-order valence-corrected chi connectivity index (χ1v) is 8.22. The fourth-order valence-electron chi connectivity index (χ4n) is 2.38. The van der Waals surface area contributed by atoms with Crippen LogP contribution in [0, 0.1) is 0 Å². The van der Waals surface area contributed by atoms with Crippen LogP contribution in [-0.4, -0.2) is 30.1 Å².